The lowest BCUT2D eigenvalue weighted by Gasteiger charge is -2.35. The molecule has 0 N–H and O–H groups in total. The van der Waals surface area contributed by atoms with Crippen LogP contribution in [0, 0.1) is 0 Å². The Morgan fingerprint density at radius 1 is 1.03 bits per heavy atom. The maximum Gasteiger partial charge on any atom is 0.306 e. The first-order valence-electron chi connectivity index (χ1n) is 10.7. The lowest BCUT2D eigenvalue weighted by molar-refractivity contribution is -0.159. The van der Waals surface area contributed by atoms with Crippen LogP contribution in [0.15, 0.2) is 54.6 Å². The van der Waals surface area contributed by atoms with E-state index in [9.17, 15) is 9.59 Å². The largest absolute Gasteiger partial charge is 0.453 e. The number of rotatable bonds is 7. The maximum atomic E-state index is 12.7. The second-order valence-electron chi connectivity index (χ2n) is 7.79. The number of aryl methyl sites for hydroxylation is 1. The van der Waals surface area contributed by atoms with Crippen molar-refractivity contribution in [3.05, 3.63) is 65.2 Å². The van der Waals surface area contributed by atoms with Gasteiger partial charge in [0.05, 0.1) is 21.6 Å². The molecule has 0 saturated carbocycles. The number of ether oxygens (including phenoxy) is 1. The third-order valence-corrected chi connectivity index (χ3v) is 6.57. The fraction of sp³-hybridized carbons (Fsp3) is 0.375. The van der Waals surface area contributed by atoms with Gasteiger partial charge in [-0.3, -0.25) is 14.5 Å². The number of thiazole rings is 1. The Bertz CT molecular complexity index is 996. The van der Waals surface area contributed by atoms with E-state index >= 15 is 0 Å². The van der Waals surface area contributed by atoms with E-state index in [1.807, 2.05) is 42.5 Å². The van der Waals surface area contributed by atoms with Crippen LogP contribution < -0.4 is 0 Å². The monoisotopic (exact) mass is 437 g/mol. The van der Waals surface area contributed by atoms with E-state index in [0.29, 0.717) is 19.5 Å². The van der Waals surface area contributed by atoms with Crippen molar-refractivity contribution in [2.75, 3.05) is 26.2 Å². The third-order valence-electron chi connectivity index (χ3n) is 5.47. The molecule has 1 aliphatic rings. The van der Waals surface area contributed by atoms with Gasteiger partial charge in [-0.05, 0) is 24.6 Å². The third kappa shape index (κ3) is 5.68. The molecule has 0 aliphatic carbocycles. The SMILES string of the molecule is C[C@H](OC(=O)CCc1nc2ccccc2s1)C(=O)N1CCN(Cc2ccccc2)CC1. The van der Waals surface area contributed by atoms with Crippen molar-refractivity contribution >= 4 is 33.4 Å². The molecule has 162 valence electrons. The molecule has 6 nitrogen and oxygen atoms in total. The molecule has 1 amide bonds. The predicted molar refractivity (Wildman–Crippen MR) is 122 cm³/mol. The van der Waals surface area contributed by atoms with E-state index in [-0.39, 0.29) is 18.3 Å². The number of benzene rings is 2. The summed E-state index contributed by atoms with van der Waals surface area (Å²) in [7, 11) is 0. The van der Waals surface area contributed by atoms with Crippen LogP contribution in [-0.4, -0.2) is 58.9 Å². The molecule has 0 unspecified atom stereocenters. The number of nitrogens with zero attached hydrogens (tertiary/aromatic N) is 3. The number of para-hydroxylation sites is 1. The normalized spacial score (nSPS) is 15.7. The van der Waals surface area contributed by atoms with Crippen molar-refractivity contribution in [1.29, 1.82) is 0 Å². The molecule has 2 aromatic carbocycles. The first-order chi connectivity index (χ1) is 15.1. The molecule has 1 aromatic heterocycles. The summed E-state index contributed by atoms with van der Waals surface area (Å²) in [6.07, 6.45) is -0.0111. The minimum Gasteiger partial charge on any atom is -0.453 e. The van der Waals surface area contributed by atoms with Gasteiger partial charge in [0.2, 0.25) is 0 Å². The second-order valence-corrected chi connectivity index (χ2v) is 8.91. The summed E-state index contributed by atoms with van der Waals surface area (Å²) in [4.78, 5) is 33.7. The van der Waals surface area contributed by atoms with Gasteiger partial charge in [0, 0.05) is 39.1 Å². The number of carbonyl (C=O) groups excluding carboxylic acids is 2. The second kappa shape index (κ2) is 10.0. The summed E-state index contributed by atoms with van der Waals surface area (Å²) >= 11 is 1.59. The van der Waals surface area contributed by atoms with Gasteiger partial charge < -0.3 is 9.64 Å². The van der Waals surface area contributed by atoms with Crippen molar-refractivity contribution in [3.8, 4) is 0 Å². The molecule has 3 aromatic rings. The number of piperazine rings is 1. The number of carbonyl (C=O) groups is 2. The zero-order valence-corrected chi connectivity index (χ0v) is 18.5. The van der Waals surface area contributed by atoms with Crippen LogP contribution in [0.1, 0.15) is 23.9 Å². The molecule has 2 heterocycles. The van der Waals surface area contributed by atoms with Gasteiger partial charge in [-0.15, -0.1) is 11.3 Å². The summed E-state index contributed by atoms with van der Waals surface area (Å²) in [6.45, 7) is 5.49. The number of esters is 1. The Kier molecular flexibility index (Phi) is 6.94. The highest BCUT2D eigenvalue weighted by Gasteiger charge is 2.27. The Labute approximate surface area is 186 Å². The molecule has 1 fully saturated rings. The van der Waals surface area contributed by atoms with Crippen LogP contribution in [-0.2, 0) is 27.3 Å². The van der Waals surface area contributed by atoms with E-state index in [1.54, 1.807) is 23.2 Å². The van der Waals surface area contributed by atoms with Gasteiger partial charge in [0.1, 0.15) is 0 Å². The van der Waals surface area contributed by atoms with Crippen LogP contribution in [0.5, 0.6) is 0 Å². The topological polar surface area (TPSA) is 62.7 Å². The van der Waals surface area contributed by atoms with Crippen molar-refractivity contribution < 1.29 is 14.3 Å². The number of hydrogen-bond donors (Lipinski definition) is 0. The molecule has 31 heavy (non-hydrogen) atoms. The zero-order valence-electron chi connectivity index (χ0n) is 17.7. The molecule has 0 bridgehead atoms. The maximum absolute atomic E-state index is 12.7. The summed E-state index contributed by atoms with van der Waals surface area (Å²) in [5, 5.41) is 0.909. The van der Waals surface area contributed by atoms with Gasteiger partial charge in [-0.1, -0.05) is 42.5 Å². The molecule has 1 aliphatic heterocycles. The van der Waals surface area contributed by atoms with Gasteiger partial charge in [-0.25, -0.2) is 4.98 Å². The average molecular weight is 438 g/mol. The zero-order chi connectivity index (χ0) is 21.6. The lowest BCUT2D eigenvalue weighted by Crippen LogP contribution is -2.51. The molecular formula is C24H27N3O3S. The number of aromatic nitrogens is 1. The average Bonchev–Trinajstić information content (AvgIpc) is 3.21. The molecular weight excluding hydrogens is 410 g/mol. The summed E-state index contributed by atoms with van der Waals surface area (Å²) in [6, 6.07) is 18.3. The first-order valence-corrected chi connectivity index (χ1v) is 11.5. The fourth-order valence-corrected chi connectivity index (χ4v) is 4.73. The quantitative estimate of drug-likeness (QED) is 0.530. The minimum absolute atomic E-state index is 0.118. The smallest absolute Gasteiger partial charge is 0.306 e. The summed E-state index contributed by atoms with van der Waals surface area (Å²) < 4.78 is 6.53. The molecule has 0 spiro atoms. The van der Waals surface area contributed by atoms with Crippen LogP contribution in [0.4, 0.5) is 0 Å². The van der Waals surface area contributed by atoms with Gasteiger partial charge in [0.25, 0.3) is 5.91 Å². The molecule has 1 saturated heterocycles. The van der Waals surface area contributed by atoms with Crippen LogP contribution in [0.3, 0.4) is 0 Å². The summed E-state index contributed by atoms with van der Waals surface area (Å²) in [5.74, 6) is -0.476. The van der Waals surface area contributed by atoms with Crippen LogP contribution in [0.2, 0.25) is 0 Å². The van der Waals surface area contributed by atoms with Crippen LogP contribution >= 0.6 is 11.3 Å². The van der Waals surface area contributed by atoms with Crippen molar-refractivity contribution in [1.82, 2.24) is 14.8 Å². The van der Waals surface area contributed by atoms with E-state index < -0.39 is 6.10 Å². The predicted octanol–water partition coefficient (Wildman–Crippen LogP) is 3.51. The highest BCUT2D eigenvalue weighted by molar-refractivity contribution is 7.18. The summed E-state index contributed by atoms with van der Waals surface area (Å²) in [5.41, 5.74) is 2.23. The molecule has 7 heteroatoms. The molecule has 1 atom stereocenters. The van der Waals surface area contributed by atoms with Crippen molar-refractivity contribution in [2.45, 2.75) is 32.4 Å². The number of amides is 1. The van der Waals surface area contributed by atoms with E-state index in [1.165, 1.54) is 5.56 Å². The van der Waals surface area contributed by atoms with Crippen molar-refractivity contribution in [2.24, 2.45) is 0 Å². The van der Waals surface area contributed by atoms with E-state index in [4.69, 9.17) is 4.74 Å². The number of hydrogen-bond acceptors (Lipinski definition) is 6. The Morgan fingerprint density at radius 3 is 2.48 bits per heavy atom. The number of fused-ring (bicyclic) bond motifs is 1. The minimum atomic E-state index is -0.761. The van der Waals surface area contributed by atoms with Crippen molar-refractivity contribution in [3.63, 3.8) is 0 Å². The highest BCUT2D eigenvalue weighted by atomic mass is 32.1. The van der Waals surface area contributed by atoms with E-state index in [2.05, 4.69) is 22.0 Å². The highest BCUT2D eigenvalue weighted by Crippen LogP contribution is 2.22. The Hall–Kier alpha value is -2.77. The van der Waals surface area contributed by atoms with Gasteiger partial charge in [0.15, 0.2) is 6.10 Å². The molecule has 0 radical (unpaired) electrons. The standard InChI is InChI=1S/C24H27N3O3S/c1-18(30-23(28)12-11-22-25-20-9-5-6-10-21(20)31-22)24(29)27-15-13-26(14-16-27)17-19-7-3-2-4-8-19/h2-10,18H,11-17H2,1H3/t18-/m0/s1. The van der Waals surface area contributed by atoms with Crippen LogP contribution in [0.25, 0.3) is 10.2 Å². The van der Waals surface area contributed by atoms with Gasteiger partial charge >= 0.3 is 5.97 Å². The Balaban J connectivity index is 1.20. The Morgan fingerprint density at radius 2 is 1.74 bits per heavy atom. The molecule has 4 rings (SSSR count). The lowest BCUT2D eigenvalue weighted by atomic mass is 10.2. The van der Waals surface area contributed by atoms with E-state index in [0.717, 1.165) is 34.9 Å². The fourth-order valence-electron chi connectivity index (χ4n) is 3.77. The first kappa shape index (κ1) is 21.5. The van der Waals surface area contributed by atoms with Gasteiger partial charge in [-0.2, -0.15) is 0 Å².